The molecule has 0 radical (unpaired) electrons. The number of anilines is 1. The normalized spacial score (nSPS) is 38.5. The zero-order valence-corrected chi connectivity index (χ0v) is 23.2. The van der Waals surface area contributed by atoms with E-state index in [2.05, 4.69) is 76.5 Å². The Hall–Kier alpha value is -1.57. The molecule has 2 heteroatoms. The van der Waals surface area contributed by atoms with Gasteiger partial charge in [-0.05, 0) is 116 Å². The highest BCUT2D eigenvalue weighted by molar-refractivity contribution is 5.97. The van der Waals surface area contributed by atoms with Crippen LogP contribution in [0.15, 0.2) is 47.1 Å². The van der Waals surface area contributed by atoms with Crippen LogP contribution in [0.3, 0.4) is 0 Å². The summed E-state index contributed by atoms with van der Waals surface area (Å²) in [5.74, 6) is 5.51. The molecule has 0 aliphatic heterocycles. The number of allylic oxidation sites excluding steroid dienone is 2. The lowest BCUT2D eigenvalue weighted by Crippen LogP contribution is -2.51. The molecule has 35 heavy (non-hydrogen) atoms. The van der Waals surface area contributed by atoms with E-state index >= 15 is 0 Å². The summed E-state index contributed by atoms with van der Waals surface area (Å²) in [5.41, 5.74) is 8.32. The van der Waals surface area contributed by atoms with Crippen LogP contribution in [-0.2, 0) is 0 Å². The Kier molecular flexibility index (Phi) is 7.21. The fourth-order valence-electron chi connectivity index (χ4n) is 9.33. The lowest BCUT2D eigenvalue weighted by atomic mass is 9.46. The molecule has 2 nitrogen and oxygen atoms in total. The lowest BCUT2D eigenvalue weighted by Gasteiger charge is -2.58. The van der Waals surface area contributed by atoms with Crippen molar-refractivity contribution < 1.29 is 0 Å². The van der Waals surface area contributed by atoms with Crippen molar-refractivity contribution in [2.45, 2.75) is 105 Å². The van der Waals surface area contributed by atoms with Crippen LogP contribution < -0.4 is 5.43 Å². The molecule has 5 rings (SSSR count). The molecule has 1 aromatic rings. The first-order valence-electron chi connectivity index (χ1n) is 14.9. The number of fused-ring (bicyclic) bond motifs is 5. The molecule has 0 saturated heterocycles. The largest absolute Gasteiger partial charge is 0.278 e. The zero-order chi connectivity index (χ0) is 24.6. The van der Waals surface area contributed by atoms with Crippen molar-refractivity contribution in [1.29, 1.82) is 0 Å². The number of rotatable bonds is 7. The number of hydrazone groups is 1. The second-order valence-corrected chi connectivity index (χ2v) is 13.6. The third-order valence-electron chi connectivity index (χ3n) is 11.3. The number of nitrogens with one attached hydrogen (secondary N) is 1. The van der Waals surface area contributed by atoms with Gasteiger partial charge in [0.05, 0.1) is 11.4 Å². The number of para-hydroxylation sites is 1. The van der Waals surface area contributed by atoms with Gasteiger partial charge >= 0.3 is 0 Å². The van der Waals surface area contributed by atoms with Crippen LogP contribution in [0.1, 0.15) is 105 Å². The first-order chi connectivity index (χ1) is 16.8. The quantitative estimate of drug-likeness (QED) is 0.391. The Bertz CT molecular complexity index is 930. The van der Waals surface area contributed by atoms with Gasteiger partial charge in [0, 0.05) is 0 Å². The van der Waals surface area contributed by atoms with Crippen LogP contribution in [0.25, 0.3) is 0 Å². The van der Waals surface area contributed by atoms with Crippen LogP contribution in [0, 0.1) is 46.3 Å². The van der Waals surface area contributed by atoms with Gasteiger partial charge in [-0.2, -0.15) is 5.10 Å². The predicted molar refractivity (Wildman–Crippen MR) is 151 cm³/mol. The molecular weight excluding hydrogens is 424 g/mol. The Morgan fingerprint density at radius 3 is 2.49 bits per heavy atom. The third kappa shape index (κ3) is 4.76. The highest BCUT2D eigenvalue weighted by atomic mass is 15.3. The van der Waals surface area contributed by atoms with E-state index in [1.165, 1.54) is 69.9 Å². The number of nitrogens with zero attached hydrogens (tertiary/aromatic N) is 1. The van der Waals surface area contributed by atoms with Crippen molar-refractivity contribution in [3.05, 3.63) is 42.0 Å². The van der Waals surface area contributed by atoms with Crippen LogP contribution >= 0.6 is 0 Å². The fourth-order valence-corrected chi connectivity index (χ4v) is 9.33. The van der Waals surface area contributed by atoms with Crippen molar-refractivity contribution >= 4 is 11.4 Å². The molecule has 0 bridgehead atoms. The smallest absolute Gasteiger partial charge is 0.0607 e. The second-order valence-electron chi connectivity index (χ2n) is 13.6. The summed E-state index contributed by atoms with van der Waals surface area (Å²) in [4.78, 5) is 0. The van der Waals surface area contributed by atoms with Crippen molar-refractivity contribution in [2.75, 3.05) is 5.43 Å². The van der Waals surface area contributed by atoms with Gasteiger partial charge in [-0.15, -0.1) is 0 Å². The van der Waals surface area contributed by atoms with Gasteiger partial charge in [-0.3, -0.25) is 5.43 Å². The second kappa shape index (κ2) is 10.1. The zero-order valence-electron chi connectivity index (χ0n) is 23.2. The van der Waals surface area contributed by atoms with Gasteiger partial charge in [0.15, 0.2) is 0 Å². The summed E-state index contributed by atoms with van der Waals surface area (Å²) in [6, 6.07) is 10.4. The van der Waals surface area contributed by atoms with Gasteiger partial charge in [0.1, 0.15) is 0 Å². The first kappa shape index (κ1) is 25.1. The molecule has 0 spiro atoms. The Morgan fingerprint density at radius 2 is 1.71 bits per heavy atom. The molecule has 4 aliphatic carbocycles. The first-order valence-corrected chi connectivity index (χ1v) is 14.9. The topological polar surface area (TPSA) is 24.4 Å². The number of benzene rings is 1. The molecule has 0 heterocycles. The molecule has 3 saturated carbocycles. The summed E-state index contributed by atoms with van der Waals surface area (Å²) in [6.45, 7) is 12.7. The average Bonchev–Trinajstić information content (AvgIpc) is 3.20. The maximum Gasteiger partial charge on any atom is 0.0607 e. The van der Waals surface area contributed by atoms with Gasteiger partial charge in [-0.25, -0.2) is 0 Å². The average molecular weight is 475 g/mol. The van der Waals surface area contributed by atoms with Crippen LogP contribution in [0.5, 0.6) is 0 Å². The molecule has 1 aromatic carbocycles. The Balaban J connectivity index is 1.28. The van der Waals surface area contributed by atoms with E-state index in [1.54, 1.807) is 5.57 Å². The fraction of sp³-hybridized carbons (Fsp3) is 0.727. The van der Waals surface area contributed by atoms with E-state index in [4.69, 9.17) is 5.10 Å². The van der Waals surface area contributed by atoms with Crippen molar-refractivity contribution in [1.82, 2.24) is 0 Å². The molecular formula is C33H50N2. The van der Waals surface area contributed by atoms with E-state index in [9.17, 15) is 0 Å². The Morgan fingerprint density at radius 1 is 0.914 bits per heavy atom. The van der Waals surface area contributed by atoms with Gasteiger partial charge in [0.25, 0.3) is 0 Å². The van der Waals surface area contributed by atoms with E-state index in [0.29, 0.717) is 10.8 Å². The van der Waals surface area contributed by atoms with Crippen LogP contribution in [0.2, 0.25) is 0 Å². The SMILES string of the molecule is CC(C)CCCC(C)C1CCC2C3CCC4=C/C(=N/Nc5ccccc5)CCC4(C)C3CCC12C. The molecule has 7 atom stereocenters. The third-order valence-corrected chi connectivity index (χ3v) is 11.3. The van der Waals surface area contributed by atoms with Crippen LogP contribution in [0.4, 0.5) is 5.69 Å². The minimum atomic E-state index is 0.400. The molecule has 3 fully saturated rings. The maximum atomic E-state index is 4.80. The van der Waals surface area contributed by atoms with Gasteiger partial charge in [0.2, 0.25) is 0 Å². The molecule has 192 valence electrons. The van der Waals surface area contributed by atoms with E-state index in [0.717, 1.165) is 47.6 Å². The minimum Gasteiger partial charge on any atom is -0.278 e. The molecule has 0 aromatic heterocycles. The van der Waals surface area contributed by atoms with Gasteiger partial charge < -0.3 is 0 Å². The highest BCUT2D eigenvalue weighted by Gasteiger charge is 2.59. The standard InChI is InChI=1S/C33H50N2/c1-23(2)10-9-11-24(3)29-16-17-30-28-15-14-25-22-27(35-34-26-12-7-6-8-13-26)18-20-32(25,4)31(28)19-21-33(29,30)5/h6-8,12-13,22-24,28-31,34H,9-11,14-21H2,1-5H3/b35-27+. The minimum absolute atomic E-state index is 0.400. The predicted octanol–water partition coefficient (Wildman–Crippen LogP) is 9.50. The summed E-state index contributed by atoms with van der Waals surface area (Å²) in [5, 5.41) is 4.80. The van der Waals surface area contributed by atoms with Crippen molar-refractivity contribution in [2.24, 2.45) is 51.4 Å². The molecule has 0 amide bonds. The van der Waals surface area contributed by atoms with E-state index < -0.39 is 0 Å². The monoisotopic (exact) mass is 474 g/mol. The van der Waals surface area contributed by atoms with Crippen molar-refractivity contribution in [3.8, 4) is 0 Å². The summed E-state index contributed by atoms with van der Waals surface area (Å²) in [6.07, 6.45) is 17.8. The molecule has 4 aliphatic rings. The summed E-state index contributed by atoms with van der Waals surface area (Å²) >= 11 is 0. The summed E-state index contributed by atoms with van der Waals surface area (Å²) < 4.78 is 0. The lowest BCUT2D eigenvalue weighted by molar-refractivity contribution is -0.0573. The number of hydrogen-bond acceptors (Lipinski definition) is 2. The summed E-state index contributed by atoms with van der Waals surface area (Å²) in [7, 11) is 0. The molecule has 7 unspecified atom stereocenters. The van der Waals surface area contributed by atoms with E-state index in [-0.39, 0.29) is 0 Å². The molecule has 1 N–H and O–H groups in total. The Labute approximate surface area is 215 Å². The number of hydrogen-bond donors (Lipinski definition) is 1. The van der Waals surface area contributed by atoms with E-state index in [1.807, 2.05) is 0 Å². The van der Waals surface area contributed by atoms with Crippen LogP contribution in [-0.4, -0.2) is 5.71 Å². The van der Waals surface area contributed by atoms with Gasteiger partial charge in [-0.1, -0.05) is 77.7 Å². The highest BCUT2D eigenvalue weighted by Crippen LogP contribution is 2.67. The maximum absolute atomic E-state index is 4.80. The van der Waals surface area contributed by atoms with Crippen molar-refractivity contribution in [3.63, 3.8) is 0 Å².